The Hall–Kier alpha value is -1.14. The Bertz CT molecular complexity index is 615. The van der Waals surface area contributed by atoms with E-state index in [1.54, 1.807) is 6.07 Å². The number of phenolic OH excluding ortho intramolecular Hbond substituents is 1. The second-order valence-corrected chi connectivity index (χ2v) is 7.53. The van der Waals surface area contributed by atoms with E-state index >= 15 is 0 Å². The van der Waals surface area contributed by atoms with Crippen LogP contribution in [0.15, 0.2) is 22.7 Å². The molecule has 0 bridgehead atoms. The van der Waals surface area contributed by atoms with Gasteiger partial charge in [0.1, 0.15) is 5.75 Å². The van der Waals surface area contributed by atoms with Gasteiger partial charge in [0.15, 0.2) is 5.82 Å². The van der Waals surface area contributed by atoms with Crippen molar-refractivity contribution in [3.8, 4) is 17.2 Å². The number of hydrogen-bond acceptors (Lipinski definition) is 6. The number of rotatable bonds is 2. The molecule has 2 atom stereocenters. The molecule has 3 rings (SSSR count). The van der Waals surface area contributed by atoms with Crippen LogP contribution in [0.4, 0.5) is 0 Å². The average Bonchev–Trinajstić information content (AvgIpc) is 2.92. The lowest BCUT2D eigenvalue weighted by Gasteiger charge is -2.24. The van der Waals surface area contributed by atoms with E-state index in [2.05, 4.69) is 17.1 Å². The summed E-state index contributed by atoms with van der Waals surface area (Å²) < 4.78 is 5.34. The van der Waals surface area contributed by atoms with Crippen LogP contribution in [-0.4, -0.2) is 32.0 Å². The van der Waals surface area contributed by atoms with Crippen LogP contribution in [0.25, 0.3) is 11.5 Å². The van der Waals surface area contributed by atoms with Crippen molar-refractivity contribution in [1.82, 2.24) is 10.1 Å². The summed E-state index contributed by atoms with van der Waals surface area (Å²) >= 11 is 3.81. The molecular weight excluding hydrogens is 292 g/mol. The van der Waals surface area contributed by atoms with Crippen molar-refractivity contribution in [3.63, 3.8) is 0 Å². The van der Waals surface area contributed by atoms with Gasteiger partial charge in [0, 0.05) is 16.8 Å². The minimum absolute atomic E-state index is 0.210. The van der Waals surface area contributed by atoms with Crippen molar-refractivity contribution < 1.29 is 9.63 Å². The number of aromatic nitrogens is 2. The summed E-state index contributed by atoms with van der Waals surface area (Å²) in [7, 11) is 0. The number of thioether (sulfide) groups is 2. The molecule has 0 saturated carbocycles. The fourth-order valence-corrected chi connectivity index (χ4v) is 4.89. The van der Waals surface area contributed by atoms with E-state index in [9.17, 15) is 5.11 Å². The number of hydrogen-bond donors (Lipinski definition) is 1. The summed E-state index contributed by atoms with van der Waals surface area (Å²) in [5, 5.41) is 14.9. The van der Waals surface area contributed by atoms with E-state index < -0.39 is 0 Å². The fourth-order valence-electron chi connectivity index (χ4n) is 2.21. The number of phenols is 1. The van der Waals surface area contributed by atoms with E-state index in [1.165, 1.54) is 5.75 Å². The van der Waals surface area contributed by atoms with Crippen LogP contribution in [0.3, 0.4) is 0 Å². The number of para-hydroxylation sites is 1. The molecule has 2 unspecified atom stereocenters. The molecule has 106 valence electrons. The van der Waals surface area contributed by atoms with Gasteiger partial charge in [-0.2, -0.15) is 16.7 Å². The molecule has 4 nitrogen and oxygen atoms in total. The van der Waals surface area contributed by atoms with Gasteiger partial charge in [0.05, 0.1) is 10.8 Å². The summed E-state index contributed by atoms with van der Waals surface area (Å²) in [6, 6.07) is 5.53. The Morgan fingerprint density at radius 2 is 2.10 bits per heavy atom. The Balaban J connectivity index is 1.92. The molecule has 20 heavy (non-hydrogen) atoms. The molecule has 1 saturated heterocycles. The standard InChI is InChI=1S/C14H16N2O2S2/c1-8-4-3-5-10(11(8)17)14-15-13(16-18-14)12-9(2)19-6-7-20-12/h3-5,9,12,17H,6-7H2,1-2H3. The molecule has 1 aromatic carbocycles. The van der Waals surface area contributed by atoms with E-state index in [0.717, 1.165) is 17.1 Å². The van der Waals surface area contributed by atoms with Crippen molar-refractivity contribution in [3.05, 3.63) is 29.6 Å². The van der Waals surface area contributed by atoms with Crippen molar-refractivity contribution in [1.29, 1.82) is 0 Å². The third kappa shape index (κ3) is 2.54. The maximum absolute atomic E-state index is 10.1. The highest BCUT2D eigenvalue weighted by atomic mass is 32.2. The molecule has 6 heteroatoms. The largest absolute Gasteiger partial charge is 0.507 e. The quantitative estimate of drug-likeness (QED) is 0.913. The van der Waals surface area contributed by atoms with Crippen LogP contribution in [0.5, 0.6) is 5.75 Å². The van der Waals surface area contributed by atoms with E-state index in [4.69, 9.17) is 4.52 Å². The molecule has 0 amide bonds. The van der Waals surface area contributed by atoms with Gasteiger partial charge in [-0.3, -0.25) is 0 Å². The Morgan fingerprint density at radius 1 is 1.30 bits per heavy atom. The molecular formula is C14H16N2O2S2. The zero-order valence-electron chi connectivity index (χ0n) is 11.4. The maximum Gasteiger partial charge on any atom is 0.261 e. The zero-order valence-corrected chi connectivity index (χ0v) is 13.0. The second-order valence-electron chi connectivity index (χ2n) is 4.80. The first-order valence-corrected chi connectivity index (χ1v) is 8.62. The van der Waals surface area contributed by atoms with Gasteiger partial charge in [-0.25, -0.2) is 0 Å². The molecule has 1 N–H and O–H groups in total. The van der Waals surface area contributed by atoms with Crippen molar-refractivity contribution in [2.75, 3.05) is 11.5 Å². The summed E-state index contributed by atoms with van der Waals surface area (Å²) in [6.07, 6.45) is 0. The van der Waals surface area contributed by atoms with Crippen molar-refractivity contribution in [2.24, 2.45) is 0 Å². The lowest BCUT2D eigenvalue weighted by Crippen LogP contribution is -2.16. The van der Waals surface area contributed by atoms with Crippen molar-refractivity contribution in [2.45, 2.75) is 24.3 Å². The summed E-state index contributed by atoms with van der Waals surface area (Å²) in [4.78, 5) is 4.48. The Labute approximate surface area is 126 Å². The van der Waals surface area contributed by atoms with Crippen LogP contribution >= 0.6 is 23.5 Å². The van der Waals surface area contributed by atoms with Gasteiger partial charge in [-0.1, -0.05) is 24.2 Å². The van der Waals surface area contributed by atoms with E-state index in [1.807, 2.05) is 42.6 Å². The van der Waals surface area contributed by atoms with Gasteiger partial charge >= 0.3 is 0 Å². The first-order chi connectivity index (χ1) is 9.66. The lowest BCUT2D eigenvalue weighted by atomic mass is 10.1. The third-order valence-electron chi connectivity index (χ3n) is 3.35. The topological polar surface area (TPSA) is 59.2 Å². The molecule has 0 spiro atoms. The van der Waals surface area contributed by atoms with Crippen LogP contribution in [-0.2, 0) is 0 Å². The molecule has 1 aromatic heterocycles. The predicted molar refractivity (Wildman–Crippen MR) is 83.3 cm³/mol. The van der Waals surface area contributed by atoms with Crippen LogP contribution < -0.4 is 0 Å². The maximum atomic E-state index is 10.1. The minimum Gasteiger partial charge on any atom is -0.507 e. The summed E-state index contributed by atoms with van der Waals surface area (Å²) in [5.74, 6) is 3.61. The Morgan fingerprint density at radius 3 is 2.90 bits per heavy atom. The average molecular weight is 308 g/mol. The highest BCUT2D eigenvalue weighted by Gasteiger charge is 2.29. The predicted octanol–water partition coefficient (Wildman–Crippen LogP) is 3.66. The number of aromatic hydroxyl groups is 1. The van der Waals surface area contributed by atoms with Crippen LogP contribution in [0, 0.1) is 6.92 Å². The molecule has 1 aliphatic heterocycles. The van der Waals surface area contributed by atoms with Crippen molar-refractivity contribution >= 4 is 23.5 Å². The normalized spacial score (nSPS) is 22.9. The van der Waals surface area contributed by atoms with E-state index in [0.29, 0.717) is 16.7 Å². The van der Waals surface area contributed by atoms with Gasteiger partial charge in [0.2, 0.25) is 0 Å². The number of benzene rings is 1. The smallest absolute Gasteiger partial charge is 0.261 e. The Kier molecular flexibility index (Phi) is 3.94. The van der Waals surface area contributed by atoms with Gasteiger partial charge in [0.25, 0.3) is 5.89 Å². The molecule has 0 aliphatic carbocycles. The van der Waals surface area contributed by atoms with Gasteiger partial charge in [-0.15, -0.1) is 11.8 Å². The summed E-state index contributed by atoms with van der Waals surface area (Å²) in [6.45, 7) is 4.05. The number of aryl methyl sites for hydroxylation is 1. The molecule has 2 heterocycles. The molecule has 2 aromatic rings. The van der Waals surface area contributed by atoms with Crippen LogP contribution in [0.1, 0.15) is 23.6 Å². The van der Waals surface area contributed by atoms with Crippen LogP contribution in [0.2, 0.25) is 0 Å². The molecule has 0 radical (unpaired) electrons. The van der Waals surface area contributed by atoms with Gasteiger partial charge in [-0.05, 0) is 18.6 Å². The highest BCUT2D eigenvalue weighted by molar-refractivity contribution is 8.06. The summed E-state index contributed by atoms with van der Waals surface area (Å²) in [5.41, 5.74) is 1.41. The molecule has 1 fully saturated rings. The molecule has 1 aliphatic rings. The monoisotopic (exact) mass is 308 g/mol. The highest BCUT2D eigenvalue weighted by Crippen LogP contribution is 2.42. The third-order valence-corrected chi connectivity index (χ3v) is 6.44. The first kappa shape index (κ1) is 13.8. The second kappa shape index (κ2) is 5.69. The van der Waals surface area contributed by atoms with E-state index in [-0.39, 0.29) is 11.0 Å². The fraction of sp³-hybridized carbons (Fsp3) is 0.429. The zero-order chi connectivity index (χ0) is 14.1. The first-order valence-electron chi connectivity index (χ1n) is 6.52. The van der Waals surface area contributed by atoms with Gasteiger partial charge < -0.3 is 9.63 Å². The SMILES string of the molecule is Cc1cccc(-c2nc(C3SCCSC3C)no2)c1O. The minimum atomic E-state index is 0.210. The number of nitrogens with zero attached hydrogens (tertiary/aromatic N) is 2. The lowest BCUT2D eigenvalue weighted by molar-refractivity contribution is 0.416.